The van der Waals surface area contributed by atoms with Crippen LogP contribution in [0.2, 0.25) is 5.02 Å². The highest BCUT2D eigenvalue weighted by Gasteiger charge is 2.49. The van der Waals surface area contributed by atoms with Crippen molar-refractivity contribution in [1.82, 2.24) is 0 Å². The number of nitrogens with zero attached hydrogens (tertiary/aromatic N) is 1. The summed E-state index contributed by atoms with van der Waals surface area (Å²) in [6.07, 6.45) is 0. The first-order valence-electron chi connectivity index (χ1n) is 4.96. The van der Waals surface area contributed by atoms with E-state index in [-0.39, 0.29) is 5.82 Å². The lowest BCUT2D eigenvalue weighted by Crippen LogP contribution is -2.66. The van der Waals surface area contributed by atoms with Crippen molar-refractivity contribution in [2.45, 2.75) is 0 Å². The molecule has 2 saturated heterocycles. The molecule has 80 valence electrons. The summed E-state index contributed by atoms with van der Waals surface area (Å²) in [4.78, 5) is 2.11. The van der Waals surface area contributed by atoms with Gasteiger partial charge in [0.05, 0.1) is 29.3 Å². The minimum atomic E-state index is -0.236. The van der Waals surface area contributed by atoms with Crippen LogP contribution in [-0.2, 0) is 4.74 Å². The van der Waals surface area contributed by atoms with Crippen molar-refractivity contribution in [3.63, 3.8) is 0 Å². The van der Waals surface area contributed by atoms with E-state index in [1.165, 1.54) is 12.1 Å². The number of hydrogen-bond acceptors (Lipinski definition) is 2. The van der Waals surface area contributed by atoms with Gasteiger partial charge in [0, 0.05) is 13.1 Å². The molecule has 15 heavy (non-hydrogen) atoms. The van der Waals surface area contributed by atoms with Crippen LogP contribution in [0.25, 0.3) is 0 Å². The van der Waals surface area contributed by atoms with Crippen LogP contribution in [0.1, 0.15) is 0 Å². The molecular formula is C11H11ClFNO. The average Bonchev–Trinajstić information content (AvgIpc) is 2.06. The fourth-order valence-electron chi connectivity index (χ4n) is 2.24. The summed E-state index contributed by atoms with van der Waals surface area (Å²) in [5, 5.41) is 0.617. The predicted molar refractivity (Wildman–Crippen MR) is 56.9 cm³/mol. The van der Waals surface area contributed by atoms with Crippen molar-refractivity contribution in [2.75, 3.05) is 31.2 Å². The Bertz CT molecular complexity index is 398. The van der Waals surface area contributed by atoms with Gasteiger partial charge in [-0.15, -0.1) is 0 Å². The largest absolute Gasteiger partial charge is 0.380 e. The third-order valence-corrected chi connectivity index (χ3v) is 3.44. The van der Waals surface area contributed by atoms with Crippen molar-refractivity contribution in [3.8, 4) is 0 Å². The van der Waals surface area contributed by atoms with Gasteiger partial charge in [0.1, 0.15) is 5.82 Å². The standard InChI is InChI=1S/C11H11ClFNO/c12-9-2-1-8(13)3-10(9)14-4-11(5-14)6-15-7-11/h1-3H,4-7H2. The first-order valence-corrected chi connectivity index (χ1v) is 5.34. The Morgan fingerprint density at radius 1 is 1.33 bits per heavy atom. The van der Waals surface area contributed by atoms with Gasteiger partial charge in [-0.25, -0.2) is 4.39 Å². The van der Waals surface area contributed by atoms with Crippen LogP contribution in [0.3, 0.4) is 0 Å². The Morgan fingerprint density at radius 2 is 2.07 bits per heavy atom. The molecular weight excluding hydrogens is 217 g/mol. The van der Waals surface area contributed by atoms with Crippen molar-refractivity contribution < 1.29 is 9.13 Å². The van der Waals surface area contributed by atoms with Crippen LogP contribution >= 0.6 is 11.6 Å². The quantitative estimate of drug-likeness (QED) is 0.730. The second kappa shape index (κ2) is 3.09. The molecule has 0 aromatic heterocycles. The van der Waals surface area contributed by atoms with E-state index in [9.17, 15) is 4.39 Å². The third-order valence-electron chi connectivity index (χ3n) is 3.12. The monoisotopic (exact) mass is 227 g/mol. The predicted octanol–water partition coefficient (Wildman–Crippen LogP) is 2.32. The second-order valence-corrected chi connectivity index (χ2v) is 4.85. The van der Waals surface area contributed by atoms with Crippen LogP contribution in [0.5, 0.6) is 0 Å². The number of rotatable bonds is 1. The van der Waals surface area contributed by atoms with Crippen molar-refractivity contribution in [1.29, 1.82) is 0 Å². The van der Waals surface area contributed by atoms with E-state index in [1.54, 1.807) is 6.07 Å². The molecule has 0 saturated carbocycles. The molecule has 2 fully saturated rings. The summed E-state index contributed by atoms with van der Waals surface area (Å²) in [5.74, 6) is -0.236. The Labute approximate surface area is 92.6 Å². The van der Waals surface area contributed by atoms with E-state index in [0.29, 0.717) is 10.4 Å². The van der Waals surface area contributed by atoms with Gasteiger partial charge in [0.15, 0.2) is 0 Å². The fourth-order valence-corrected chi connectivity index (χ4v) is 2.47. The molecule has 0 amide bonds. The van der Waals surface area contributed by atoms with Gasteiger partial charge in [-0.1, -0.05) is 11.6 Å². The molecule has 2 heterocycles. The number of halogens is 2. The lowest BCUT2D eigenvalue weighted by atomic mass is 9.78. The molecule has 2 aliphatic rings. The molecule has 2 nitrogen and oxygen atoms in total. The zero-order chi connectivity index (χ0) is 10.5. The molecule has 2 aliphatic heterocycles. The highest BCUT2D eigenvalue weighted by atomic mass is 35.5. The second-order valence-electron chi connectivity index (χ2n) is 4.44. The molecule has 0 bridgehead atoms. The summed E-state index contributed by atoms with van der Waals surface area (Å²) in [7, 11) is 0. The highest BCUT2D eigenvalue weighted by Crippen LogP contribution is 2.42. The zero-order valence-corrected chi connectivity index (χ0v) is 8.93. The summed E-state index contributed by atoms with van der Waals surface area (Å²) < 4.78 is 18.2. The van der Waals surface area contributed by atoms with Gasteiger partial charge in [0.2, 0.25) is 0 Å². The third kappa shape index (κ3) is 1.42. The number of ether oxygens (including phenoxy) is 1. The summed E-state index contributed by atoms with van der Waals surface area (Å²) >= 11 is 6.02. The van der Waals surface area contributed by atoms with Crippen LogP contribution in [0.4, 0.5) is 10.1 Å². The molecule has 0 radical (unpaired) electrons. The molecule has 4 heteroatoms. The lowest BCUT2D eigenvalue weighted by molar-refractivity contribution is -0.127. The first kappa shape index (κ1) is 9.43. The van der Waals surface area contributed by atoms with Gasteiger partial charge >= 0.3 is 0 Å². The summed E-state index contributed by atoms with van der Waals surface area (Å²) in [6, 6.07) is 4.48. The zero-order valence-electron chi connectivity index (χ0n) is 8.17. The van der Waals surface area contributed by atoms with Crippen LogP contribution in [0, 0.1) is 11.2 Å². The summed E-state index contributed by atoms with van der Waals surface area (Å²) in [5.41, 5.74) is 1.13. The fraction of sp³-hybridized carbons (Fsp3) is 0.455. The molecule has 0 atom stereocenters. The average molecular weight is 228 g/mol. The van der Waals surface area contributed by atoms with Crippen molar-refractivity contribution in [3.05, 3.63) is 29.0 Å². The van der Waals surface area contributed by atoms with Crippen LogP contribution < -0.4 is 4.90 Å². The molecule has 3 rings (SSSR count). The summed E-state index contributed by atoms with van der Waals surface area (Å²) in [6.45, 7) is 3.51. The minimum absolute atomic E-state index is 0.236. The van der Waals surface area contributed by atoms with Gasteiger partial charge in [-0.05, 0) is 18.2 Å². The van der Waals surface area contributed by atoms with E-state index >= 15 is 0 Å². The van der Waals surface area contributed by atoms with Crippen molar-refractivity contribution in [2.24, 2.45) is 5.41 Å². The van der Waals surface area contributed by atoms with E-state index in [0.717, 1.165) is 32.0 Å². The topological polar surface area (TPSA) is 12.5 Å². The molecule has 1 aromatic rings. The molecule has 1 aromatic carbocycles. The molecule has 0 unspecified atom stereocenters. The van der Waals surface area contributed by atoms with Crippen molar-refractivity contribution >= 4 is 17.3 Å². The Balaban J connectivity index is 1.80. The number of benzene rings is 1. The smallest absolute Gasteiger partial charge is 0.125 e. The Kier molecular flexibility index (Phi) is 1.94. The van der Waals surface area contributed by atoms with E-state index in [1.807, 2.05) is 0 Å². The number of anilines is 1. The Hall–Kier alpha value is -0.800. The van der Waals surface area contributed by atoms with E-state index in [2.05, 4.69) is 4.90 Å². The van der Waals surface area contributed by atoms with Gasteiger partial charge < -0.3 is 9.64 Å². The molecule has 0 aliphatic carbocycles. The molecule has 1 spiro atoms. The highest BCUT2D eigenvalue weighted by molar-refractivity contribution is 6.33. The SMILES string of the molecule is Fc1ccc(Cl)c(N2CC3(COC3)C2)c1. The Morgan fingerprint density at radius 3 is 2.67 bits per heavy atom. The number of hydrogen-bond donors (Lipinski definition) is 0. The van der Waals surface area contributed by atoms with Gasteiger partial charge in [-0.2, -0.15) is 0 Å². The maximum Gasteiger partial charge on any atom is 0.125 e. The molecule has 0 N–H and O–H groups in total. The first-order chi connectivity index (χ1) is 7.19. The van der Waals surface area contributed by atoms with E-state index in [4.69, 9.17) is 16.3 Å². The van der Waals surface area contributed by atoms with Crippen LogP contribution in [-0.4, -0.2) is 26.3 Å². The normalized spacial score (nSPS) is 22.4. The minimum Gasteiger partial charge on any atom is -0.380 e. The van der Waals surface area contributed by atoms with E-state index < -0.39 is 0 Å². The maximum absolute atomic E-state index is 13.0. The lowest BCUT2D eigenvalue weighted by Gasteiger charge is -2.56. The van der Waals surface area contributed by atoms with Gasteiger partial charge in [0.25, 0.3) is 0 Å². The maximum atomic E-state index is 13.0. The van der Waals surface area contributed by atoms with Gasteiger partial charge in [-0.3, -0.25) is 0 Å². The van der Waals surface area contributed by atoms with Crippen LogP contribution in [0.15, 0.2) is 18.2 Å².